The summed E-state index contributed by atoms with van der Waals surface area (Å²) < 4.78 is 5.17. The minimum absolute atomic E-state index is 0.157. The lowest BCUT2D eigenvalue weighted by Crippen LogP contribution is -2.43. The van der Waals surface area contributed by atoms with Gasteiger partial charge in [-0.1, -0.05) is 0 Å². The monoisotopic (exact) mass is 243 g/mol. The topological polar surface area (TPSA) is 58.8 Å². The van der Waals surface area contributed by atoms with Crippen molar-refractivity contribution in [1.82, 2.24) is 9.80 Å². The van der Waals surface area contributed by atoms with E-state index in [1.54, 1.807) is 7.11 Å². The zero-order valence-corrected chi connectivity index (χ0v) is 11.2. The molecule has 0 bridgehead atoms. The van der Waals surface area contributed by atoms with Crippen molar-refractivity contribution in [2.75, 3.05) is 40.3 Å². The van der Waals surface area contributed by atoms with Crippen molar-refractivity contribution >= 4 is 5.91 Å². The molecule has 1 heterocycles. The molecule has 1 amide bonds. The van der Waals surface area contributed by atoms with Crippen LogP contribution in [0.25, 0.3) is 0 Å². The molecule has 1 fully saturated rings. The molecule has 0 aliphatic carbocycles. The molecular formula is C12H25N3O2. The summed E-state index contributed by atoms with van der Waals surface area (Å²) in [5.74, 6) is 0.158. The van der Waals surface area contributed by atoms with Gasteiger partial charge < -0.3 is 20.3 Å². The molecule has 1 saturated heterocycles. The highest BCUT2D eigenvalue weighted by atomic mass is 16.5. The quantitative estimate of drug-likeness (QED) is 0.749. The minimum Gasteiger partial charge on any atom is -0.380 e. The average Bonchev–Trinajstić information content (AvgIpc) is 2.46. The number of nitrogens with zero attached hydrogens (tertiary/aromatic N) is 2. The van der Waals surface area contributed by atoms with Crippen LogP contribution in [0.2, 0.25) is 0 Å². The van der Waals surface area contributed by atoms with Crippen LogP contribution in [-0.2, 0) is 9.53 Å². The third-order valence-electron chi connectivity index (χ3n) is 3.37. The first kappa shape index (κ1) is 14.4. The van der Waals surface area contributed by atoms with Gasteiger partial charge in [-0.15, -0.1) is 0 Å². The smallest absolute Gasteiger partial charge is 0.225 e. The van der Waals surface area contributed by atoms with Crippen molar-refractivity contribution in [1.29, 1.82) is 0 Å². The van der Waals surface area contributed by atoms with E-state index in [2.05, 4.69) is 18.9 Å². The van der Waals surface area contributed by atoms with E-state index in [9.17, 15) is 4.79 Å². The minimum atomic E-state index is -0.157. The lowest BCUT2D eigenvalue weighted by Gasteiger charge is -2.29. The Balaban J connectivity index is 2.54. The summed E-state index contributed by atoms with van der Waals surface area (Å²) in [5, 5.41) is 0. The van der Waals surface area contributed by atoms with E-state index in [1.807, 2.05) is 4.90 Å². The number of likely N-dealkylation sites (N-methyl/N-ethyl adjacent to an activating group) is 1. The van der Waals surface area contributed by atoms with Crippen molar-refractivity contribution in [3.05, 3.63) is 0 Å². The predicted octanol–water partition coefficient (Wildman–Crippen LogP) is -0.0972. The molecule has 0 radical (unpaired) electrons. The molecular weight excluding hydrogens is 218 g/mol. The van der Waals surface area contributed by atoms with Crippen LogP contribution in [0.5, 0.6) is 0 Å². The summed E-state index contributed by atoms with van der Waals surface area (Å²) in [6.07, 6.45) is 1.27. The van der Waals surface area contributed by atoms with Crippen molar-refractivity contribution < 1.29 is 9.53 Å². The van der Waals surface area contributed by atoms with E-state index in [1.165, 1.54) is 0 Å². The first-order valence-corrected chi connectivity index (χ1v) is 6.29. The van der Waals surface area contributed by atoms with E-state index >= 15 is 0 Å². The maximum Gasteiger partial charge on any atom is 0.225 e. The Morgan fingerprint density at radius 3 is 2.82 bits per heavy atom. The Labute approximate surface area is 104 Å². The molecule has 2 atom stereocenters. The van der Waals surface area contributed by atoms with Crippen LogP contribution in [0.1, 0.15) is 19.8 Å². The van der Waals surface area contributed by atoms with Gasteiger partial charge in [-0.25, -0.2) is 0 Å². The van der Waals surface area contributed by atoms with Gasteiger partial charge in [0.1, 0.15) is 0 Å². The van der Waals surface area contributed by atoms with E-state index in [0.717, 1.165) is 26.1 Å². The van der Waals surface area contributed by atoms with Crippen molar-refractivity contribution in [2.45, 2.75) is 31.9 Å². The Bertz CT molecular complexity index is 244. The molecule has 1 aliphatic rings. The van der Waals surface area contributed by atoms with Gasteiger partial charge in [0.05, 0.1) is 12.5 Å². The standard InChI is InChI=1S/C12H25N3O2/c1-10-9-14(2)5-4-6-15(10)12(16)7-11(8-13)17-3/h10-11H,4-9,13H2,1-3H3. The predicted molar refractivity (Wildman–Crippen MR) is 67.8 cm³/mol. The Hall–Kier alpha value is -0.650. The number of hydrogen-bond acceptors (Lipinski definition) is 4. The molecule has 17 heavy (non-hydrogen) atoms. The van der Waals surface area contributed by atoms with Crippen LogP contribution in [0.15, 0.2) is 0 Å². The van der Waals surface area contributed by atoms with Crippen LogP contribution in [-0.4, -0.2) is 68.2 Å². The second kappa shape index (κ2) is 6.93. The Morgan fingerprint density at radius 1 is 1.53 bits per heavy atom. The first-order valence-electron chi connectivity index (χ1n) is 6.29. The van der Waals surface area contributed by atoms with Crippen LogP contribution in [0, 0.1) is 0 Å². The van der Waals surface area contributed by atoms with Gasteiger partial charge >= 0.3 is 0 Å². The van der Waals surface area contributed by atoms with Crippen molar-refractivity contribution in [3.63, 3.8) is 0 Å². The molecule has 1 aliphatic heterocycles. The van der Waals surface area contributed by atoms with E-state index in [4.69, 9.17) is 10.5 Å². The number of carbonyl (C=O) groups is 1. The number of hydrogen-bond donors (Lipinski definition) is 1. The highest BCUT2D eigenvalue weighted by Crippen LogP contribution is 2.11. The molecule has 5 nitrogen and oxygen atoms in total. The molecule has 5 heteroatoms. The molecule has 2 N–H and O–H groups in total. The van der Waals surface area contributed by atoms with Crippen LogP contribution < -0.4 is 5.73 Å². The maximum atomic E-state index is 12.2. The van der Waals surface area contributed by atoms with Gasteiger partial charge in [0.25, 0.3) is 0 Å². The molecule has 2 unspecified atom stereocenters. The lowest BCUT2D eigenvalue weighted by molar-refractivity contribution is -0.135. The number of rotatable bonds is 4. The number of amides is 1. The van der Waals surface area contributed by atoms with Crippen LogP contribution in [0.4, 0.5) is 0 Å². The highest BCUT2D eigenvalue weighted by Gasteiger charge is 2.25. The van der Waals surface area contributed by atoms with Gasteiger partial charge in [-0.3, -0.25) is 4.79 Å². The zero-order valence-electron chi connectivity index (χ0n) is 11.2. The largest absolute Gasteiger partial charge is 0.380 e. The lowest BCUT2D eigenvalue weighted by atomic mass is 10.2. The summed E-state index contributed by atoms with van der Waals surface area (Å²) in [5.41, 5.74) is 5.54. The van der Waals surface area contributed by atoms with Gasteiger partial charge in [0.2, 0.25) is 5.91 Å². The second-order valence-electron chi connectivity index (χ2n) is 4.85. The van der Waals surface area contributed by atoms with E-state index in [0.29, 0.717) is 13.0 Å². The fourth-order valence-electron chi connectivity index (χ4n) is 2.32. The third-order valence-corrected chi connectivity index (χ3v) is 3.37. The Kier molecular flexibility index (Phi) is 5.88. The van der Waals surface area contributed by atoms with E-state index in [-0.39, 0.29) is 18.1 Å². The third kappa shape index (κ3) is 4.26. The molecule has 100 valence electrons. The number of nitrogens with two attached hydrogens (primary N) is 1. The van der Waals surface area contributed by atoms with Gasteiger partial charge in [-0.05, 0) is 26.9 Å². The van der Waals surface area contributed by atoms with Gasteiger partial charge in [0, 0.05) is 32.8 Å². The maximum absolute atomic E-state index is 12.2. The average molecular weight is 243 g/mol. The van der Waals surface area contributed by atoms with Crippen molar-refractivity contribution in [3.8, 4) is 0 Å². The normalized spacial score (nSPS) is 24.5. The highest BCUT2D eigenvalue weighted by molar-refractivity contribution is 5.77. The molecule has 0 spiro atoms. The summed E-state index contributed by atoms with van der Waals surface area (Å²) >= 11 is 0. The summed E-state index contributed by atoms with van der Waals surface area (Å²) in [4.78, 5) is 16.4. The van der Waals surface area contributed by atoms with Gasteiger partial charge in [0.15, 0.2) is 0 Å². The summed E-state index contributed by atoms with van der Waals surface area (Å²) in [6, 6.07) is 0.269. The van der Waals surface area contributed by atoms with E-state index < -0.39 is 0 Å². The Morgan fingerprint density at radius 2 is 2.24 bits per heavy atom. The summed E-state index contributed by atoms with van der Waals surface area (Å²) in [7, 11) is 3.70. The number of carbonyl (C=O) groups excluding carboxylic acids is 1. The fraction of sp³-hybridized carbons (Fsp3) is 0.917. The number of ether oxygens (including phenoxy) is 1. The first-order chi connectivity index (χ1) is 8.08. The summed E-state index contributed by atoms with van der Waals surface area (Å²) in [6.45, 7) is 5.32. The molecule has 1 rings (SSSR count). The number of methoxy groups -OCH3 is 1. The zero-order chi connectivity index (χ0) is 12.8. The second-order valence-corrected chi connectivity index (χ2v) is 4.85. The molecule has 0 aromatic carbocycles. The molecule has 0 saturated carbocycles. The van der Waals surface area contributed by atoms with Gasteiger partial charge in [-0.2, -0.15) is 0 Å². The van der Waals surface area contributed by atoms with Crippen LogP contribution >= 0.6 is 0 Å². The van der Waals surface area contributed by atoms with Crippen LogP contribution in [0.3, 0.4) is 0 Å². The molecule has 0 aromatic rings. The fourth-order valence-corrected chi connectivity index (χ4v) is 2.32. The SMILES string of the molecule is COC(CN)CC(=O)N1CCCN(C)CC1C. The van der Waals surface area contributed by atoms with Crippen molar-refractivity contribution in [2.24, 2.45) is 5.73 Å². The molecule has 0 aromatic heterocycles.